The summed E-state index contributed by atoms with van der Waals surface area (Å²) in [7, 11) is 0. The van der Waals surface area contributed by atoms with Gasteiger partial charge < -0.3 is 15.7 Å². The van der Waals surface area contributed by atoms with Gasteiger partial charge in [-0.3, -0.25) is 4.79 Å². The number of thiazole rings is 1. The predicted octanol–water partition coefficient (Wildman–Crippen LogP) is 2.69. The van der Waals surface area contributed by atoms with Crippen molar-refractivity contribution in [3.63, 3.8) is 0 Å². The molecule has 2 aromatic heterocycles. The fourth-order valence-corrected chi connectivity index (χ4v) is 4.39. The van der Waals surface area contributed by atoms with Crippen LogP contribution < -0.4 is 5.73 Å². The molecule has 3 N–H and O–H groups in total. The Labute approximate surface area is 143 Å². The first-order valence-corrected chi connectivity index (χ1v) is 9.58. The number of nitrogen functional groups attached to an aromatic ring is 1. The van der Waals surface area contributed by atoms with Gasteiger partial charge in [-0.25, -0.2) is 4.98 Å². The van der Waals surface area contributed by atoms with Crippen LogP contribution in [0.15, 0.2) is 22.9 Å². The number of nitrogens with two attached hydrogens (primary N) is 1. The zero-order valence-electron chi connectivity index (χ0n) is 12.9. The van der Waals surface area contributed by atoms with Gasteiger partial charge in [0.05, 0.1) is 11.8 Å². The molecule has 0 aromatic carbocycles. The molecule has 7 heteroatoms. The Bertz CT molecular complexity index is 634. The lowest BCUT2D eigenvalue weighted by atomic mass is 9.90. The van der Waals surface area contributed by atoms with Crippen LogP contribution in [0, 0.1) is 5.92 Å². The van der Waals surface area contributed by atoms with Crippen LogP contribution in [0.3, 0.4) is 0 Å². The number of rotatable bonds is 5. The molecule has 124 valence electrons. The van der Waals surface area contributed by atoms with Crippen molar-refractivity contribution >= 4 is 33.7 Å². The van der Waals surface area contributed by atoms with Gasteiger partial charge >= 0.3 is 0 Å². The van der Waals surface area contributed by atoms with Crippen molar-refractivity contribution in [3.05, 3.63) is 33.5 Å². The lowest BCUT2D eigenvalue weighted by Gasteiger charge is -2.34. The van der Waals surface area contributed by atoms with E-state index in [0.717, 1.165) is 36.5 Å². The van der Waals surface area contributed by atoms with Gasteiger partial charge in [0, 0.05) is 29.8 Å². The van der Waals surface area contributed by atoms with Gasteiger partial charge in [0.2, 0.25) is 5.91 Å². The number of likely N-dealkylation sites (tertiary alicyclic amines) is 1. The van der Waals surface area contributed by atoms with Gasteiger partial charge in [0.25, 0.3) is 0 Å². The van der Waals surface area contributed by atoms with Crippen molar-refractivity contribution in [2.24, 2.45) is 5.92 Å². The second kappa shape index (κ2) is 7.42. The Morgan fingerprint density at radius 1 is 1.43 bits per heavy atom. The highest BCUT2D eigenvalue weighted by molar-refractivity contribution is 7.13. The summed E-state index contributed by atoms with van der Waals surface area (Å²) in [5.74, 6) is 0.414. The Morgan fingerprint density at radius 3 is 2.83 bits per heavy atom. The Morgan fingerprint density at radius 2 is 2.22 bits per heavy atom. The molecule has 0 aliphatic carbocycles. The maximum Gasteiger partial charge on any atom is 0.222 e. The number of piperidine rings is 1. The van der Waals surface area contributed by atoms with Crippen molar-refractivity contribution in [2.75, 3.05) is 18.8 Å². The monoisotopic (exact) mass is 351 g/mol. The van der Waals surface area contributed by atoms with E-state index in [9.17, 15) is 9.90 Å². The van der Waals surface area contributed by atoms with Crippen molar-refractivity contribution in [3.8, 4) is 0 Å². The van der Waals surface area contributed by atoms with Gasteiger partial charge in [0.1, 0.15) is 0 Å². The van der Waals surface area contributed by atoms with E-state index in [0.29, 0.717) is 18.0 Å². The van der Waals surface area contributed by atoms with Crippen LogP contribution in [0.4, 0.5) is 5.13 Å². The summed E-state index contributed by atoms with van der Waals surface area (Å²) in [5, 5.41) is 14.9. The summed E-state index contributed by atoms with van der Waals surface area (Å²) >= 11 is 3.00. The molecule has 1 atom stereocenters. The fraction of sp³-hybridized carbons (Fsp3) is 0.500. The van der Waals surface area contributed by atoms with E-state index in [1.165, 1.54) is 11.3 Å². The van der Waals surface area contributed by atoms with Gasteiger partial charge in [-0.15, -0.1) is 22.7 Å². The number of hydrogen-bond acceptors (Lipinski definition) is 6. The van der Waals surface area contributed by atoms with Crippen molar-refractivity contribution in [2.45, 2.75) is 31.8 Å². The minimum atomic E-state index is -0.398. The molecular formula is C16H21N3O2S2. The van der Waals surface area contributed by atoms with Crippen LogP contribution in [0.1, 0.15) is 35.9 Å². The first kappa shape index (κ1) is 16.4. The number of thiophene rings is 1. The number of aryl methyl sites for hydroxylation is 1. The number of nitrogens with zero attached hydrogens (tertiary/aromatic N) is 2. The number of anilines is 1. The Hall–Kier alpha value is -1.44. The van der Waals surface area contributed by atoms with E-state index in [2.05, 4.69) is 4.98 Å². The number of amides is 1. The molecule has 1 unspecified atom stereocenters. The molecular weight excluding hydrogens is 330 g/mol. The normalized spacial score (nSPS) is 17.3. The Balaban J connectivity index is 1.45. The molecule has 5 nitrogen and oxygen atoms in total. The van der Waals surface area contributed by atoms with Gasteiger partial charge in [-0.05, 0) is 36.6 Å². The second-order valence-corrected chi connectivity index (χ2v) is 7.72. The third-order valence-corrected chi connectivity index (χ3v) is 6.00. The summed E-state index contributed by atoms with van der Waals surface area (Å²) in [6.45, 7) is 1.45. The Kier molecular flexibility index (Phi) is 5.30. The van der Waals surface area contributed by atoms with E-state index < -0.39 is 6.10 Å². The highest BCUT2D eigenvalue weighted by atomic mass is 32.1. The second-order valence-electron chi connectivity index (χ2n) is 5.86. The molecule has 2 aromatic rings. The maximum absolute atomic E-state index is 12.3. The van der Waals surface area contributed by atoms with Crippen LogP contribution in [0.25, 0.3) is 0 Å². The lowest BCUT2D eigenvalue weighted by molar-refractivity contribution is -0.133. The van der Waals surface area contributed by atoms with E-state index in [1.54, 1.807) is 11.3 Å². The molecule has 0 radical (unpaired) electrons. The summed E-state index contributed by atoms with van der Waals surface area (Å²) in [6, 6.07) is 3.94. The fourth-order valence-electron chi connectivity index (χ4n) is 2.99. The largest absolute Gasteiger partial charge is 0.387 e. The zero-order valence-corrected chi connectivity index (χ0v) is 14.5. The number of hydrogen-bond donors (Lipinski definition) is 2. The van der Waals surface area contributed by atoms with Crippen LogP contribution in [0.2, 0.25) is 0 Å². The average Bonchev–Trinajstić information content (AvgIpc) is 3.24. The van der Waals surface area contributed by atoms with Gasteiger partial charge in [-0.1, -0.05) is 6.07 Å². The number of carbonyl (C=O) groups is 1. The average molecular weight is 351 g/mol. The topological polar surface area (TPSA) is 79.5 Å². The van der Waals surface area contributed by atoms with Crippen molar-refractivity contribution in [1.29, 1.82) is 0 Å². The highest BCUT2D eigenvalue weighted by Crippen LogP contribution is 2.33. The molecule has 1 saturated heterocycles. The molecule has 3 rings (SSSR count). The van der Waals surface area contributed by atoms with E-state index in [1.807, 2.05) is 27.8 Å². The molecule has 0 spiro atoms. The van der Waals surface area contributed by atoms with Crippen LogP contribution in [0.5, 0.6) is 0 Å². The number of aliphatic hydroxyl groups excluding tert-OH is 1. The van der Waals surface area contributed by atoms with E-state index >= 15 is 0 Å². The highest BCUT2D eigenvalue weighted by Gasteiger charge is 2.28. The van der Waals surface area contributed by atoms with E-state index in [-0.39, 0.29) is 11.8 Å². The van der Waals surface area contributed by atoms with Crippen LogP contribution in [-0.4, -0.2) is 34.0 Å². The molecule has 0 bridgehead atoms. The minimum Gasteiger partial charge on any atom is -0.387 e. The number of carbonyl (C=O) groups excluding carboxylic acids is 1. The van der Waals surface area contributed by atoms with Crippen molar-refractivity contribution in [1.82, 2.24) is 9.88 Å². The number of aliphatic hydroxyl groups is 1. The first-order chi connectivity index (χ1) is 11.1. The molecule has 1 aliphatic heterocycles. The summed E-state index contributed by atoms with van der Waals surface area (Å²) in [5.41, 5.74) is 6.49. The molecule has 0 saturated carbocycles. The zero-order chi connectivity index (χ0) is 16.2. The van der Waals surface area contributed by atoms with Crippen LogP contribution in [-0.2, 0) is 11.2 Å². The molecule has 1 amide bonds. The van der Waals surface area contributed by atoms with Gasteiger partial charge in [-0.2, -0.15) is 0 Å². The molecule has 1 aliphatic rings. The summed E-state index contributed by atoms with van der Waals surface area (Å²) in [4.78, 5) is 19.4. The third kappa shape index (κ3) is 4.10. The molecule has 3 heterocycles. The SMILES string of the molecule is Nc1nc(CCC(=O)N2CCC(C(O)c3cccs3)CC2)cs1. The summed E-state index contributed by atoms with van der Waals surface area (Å²) < 4.78 is 0. The lowest BCUT2D eigenvalue weighted by Crippen LogP contribution is -2.39. The molecule has 23 heavy (non-hydrogen) atoms. The third-order valence-electron chi connectivity index (χ3n) is 4.34. The number of aromatic nitrogens is 1. The standard InChI is InChI=1S/C16H21N3O2S2/c17-16-18-12(10-23-16)3-4-14(20)19-7-5-11(6-8-19)15(21)13-2-1-9-22-13/h1-2,9-11,15,21H,3-8H2,(H2,17,18). The quantitative estimate of drug-likeness (QED) is 0.868. The van der Waals surface area contributed by atoms with E-state index in [4.69, 9.17) is 5.73 Å². The van der Waals surface area contributed by atoms with Crippen LogP contribution >= 0.6 is 22.7 Å². The molecule has 1 fully saturated rings. The summed E-state index contributed by atoms with van der Waals surface area (Å²) in [6.07, 6.45) is 2.43. The first-order valence-electron chi connectivity index (χ1n) is 7.82. The maximum atomic E-state index is 12.3. The van der Waals surface area contributed by atoms with Gasteiger partial charge in [0.15, 0.2) is 5.13 Å². The van der Waals surface area contributed by atoms with Crippen molar-refractivity contribution < 1.29 is 9.90 Å². The smallest absolute Gasteiger partial charge is 0.222 e. The minimum absolute atomic E-state index is 0.167. The predicted molar refractivity (Wildman–Crippen MR) is 93.4 cm³/mol.